The molecule has 0 radical (unpaired) electrons. The summed E-state index contributed by atoms with van der Waals surface area (Å²) < 4.78 is 77.2. The molecule has 206 valence electrons. The Kier molecular flexibility index (Phi) is 8.76. The van der Waals surface area contributed by atoms with Crippen LogP contribution in [0, 0.1) is 12.8 Å². The van der Waals surface area contributed by atoms with Gasteiger partial charge in [0.2, 0.25) is 10.0 Å². The number of hydrogen-bond acceptors (Lipinski definition) is 4. The van der Waals surface area contributed by atoms with Crippen molar-refractivity contribution in [3.05, 3.63) is 45.7 Å². The highest BCUT2D eigenvalue weighted by Gasteiger charge is 2.39. The zero-order valence-corrected chi connectivity index (χ0v) is 23.3. The van der Waals surface area contributed by atoms with Crippen LogP contribution in [-0.2, 0) is 27.4 Å². The number of carbonyl (C=O) groups is 1. The van der Waals surface area contributed by atoms with Crippen LogP contribution < -0.4 is 4.72 Å². The summed E-state index contributed by atoms with van der Waals surface area (Å²) in [6.45, 7) is 8.11. The fourth-order valence-corrected chi connectivity index (χ4v) is 6.93. The number of sulfonamides is 1. The van der Waals surface area contributed by atoms with Crippen LogP contribution in [0.25, 0.3) is 5.69 Å². The molecule has 0 unspecified atom stereocenters. The lowest BCUT2D eigenvalue weighted by Gasteiger charge is -2.24. The van der Waals surface area contributed by atoms with E-state index in [-0.39, 0.29) is 23.0 Å². The number of nitrogens with zero attached hydrogens (tertiary/aromatic N) is 1. The molecule has 1 aromatic heterocycles. The summed E-state index contributed by atoms with van der Waals surface area (Å²) in [5.41, 5.74) is -0.996. The Balaban J connectivity index is 2.24. The number of hydrogen-bond donors (Lipinski definition) is 1. The fourth-order valence-electron chi connectivity index (χ4n) is 4.89. The summed E-state index contributed by atoms with van der Waals surface area (Å²) in [6.07, 6.45) is 0.778. The standard InChI is InChI=1S/C26H34ClF3N2O4S/c1-6-36-24(33)22-16(2)20(14-17-10-8-7-9-11-17)32(23(22)27)18-12-13-21(19(15-18)26(28,29)30)37(34,35)31-25(3,4)5/h12-13,15,17,31H,6-11,14H2,1-5H3. The van der Waals surface area contributed by atoms with E-state index in [9.17, 15) is 26.4 Å². The van der Waals surface area contributed by atoms with Gasteiger partial charge >= 0.3 is 12.1 Å². The second kappa shape index (κ2) is 11.0. The summed E-state index contributed by atoms with van der Waals surface area (Å²) >= 11 is 6.65. The van der Waals surface area contributed by atoms with Crippen LogP contribution >= 0.6 is 11.6 Å². The van der Waals surface area contributed by atoms with Gasteiger partial charge in [-0.25, -0.2) is 17.9 Å². The van der Waals surface area contributed by atoms with E-state index < -0.39 is 38.2 Å². The van der Waals surface area contributed by atoms with E-state index in [1.165, 1.54) is 10.6 Å². The molecule has 1 aliphatic rings. The highest BCUT2D eigenvalue weighted by Crippen LogP contribution is 2.39. The topological polar surface area (TPSA) is 77.4 Å². The Morgan fingerprint density at radius 3 is 2.32 bits per heavy atom. The molecule has 0 spiro atoms. The van der Waals surface area contributed by atoms with E-state index >= 15 is 0 Å². The van der Waals surface area contributed by atoms with Gasteiger partial charge in [-0.2, -0.15) is 13.2 Å². The molecule has 11 heteroatoms. The average Bonchev–Trinajstić information content (AvgIpc) is 3.01. The Hall–Kier alpha value is -2.04. The molecule has 2 aromatic rings. The highest BCUT2D eigenvalue weighted by molar-refractivity contribution is 7.89. The second-order valence-corrected chi connectivity index (χ2v) is 12.5. The number of benzene rings is 1. The second-order valence-electron chi connectivity index (χ2n) is 10.5. The minimum atomic E-state index is -4.96. The van der Waals surface area contributed by atoms with Crippen molar-refractivity contribution >= 4 is 27.6 Å². The van der Waals surface area contributed by atoms with Gasteiger partial charge in [0.25, 0.3) is 0 Å². The first-order valence-electron chi connectivity index (χ1n) is 12.4. The zero-order chi connectivity index (χ0) is 27.8. The summed E-state index contributed by atoms with van der Waals surface area (Å²) in [6, 6.07) is 3.01. The number of halogens is 4. The lowest BCUT2D eigenvalue weighted by Crippen LogP contribution is -2.41. The molecule has 1 aromatic carbocycles. The lowest BCUT2D eigenvalue weighted by atomic mass is 9.85. The van der Waals surface area contributed by atoms with Crippen molar-refractivity contribution in [2.24, 2.45) is 5.92 Å². The quantitative estimate of drug-likeness (QED) is 0.375. The molecule has 0 saturated heterocycles. The normalized spacial score (nSPS) is 15.7. The minimum absolute atomic E-state index is 0.0245. The van der Waals surface area contributed by atoms with Gasteiger partial charge in [-0.3, -0.25) is 0 Å². The third-order valence-corrected chi connectivity index (χ3v) is 8.60. The van der Waals surface area contributed by atoms with Gasteiger partial charge in [-0.05, 0) is 70.7 Å². The van der Waals surface area contributed by atoms with Gasteiger partial charge in [0.05, 0.1) is 17.1 Å². The largest absolute Gasteiger partial charge is 0.462 e. The Bertz CT molecular complexity index is 1260. The molecule has 0 amide bonds. The van der Waals surface area contributed by atoms with Crippen LogP contribution in [0.4, 0.5) is 13.2 Å². The van der Waals surface area contributed by atoms with Crippen LogP contribution in [0.3, 0.4) is 0 Å². The molecule has 1 aliphatic carbocycles. The molecule has 1 fully saturated rings. The lowest BCUT2D eigenvalue weighted by molar-refractivity contribution is -0.139. The van der Waals surface area contributed by atoms with Crippen molar-refractivity contribution in [2.75, 3.05) is 6.61 Å². The predicted molar refractivity (Wildman–Crippen MR) is 137 cm³/mol. The van der Waals surface area contributed by atoms with Gasteiger partial charge in [0, 0.05) is 16.9 Å². The fraction of sp³-hybridized carbons (Fsp3) is 0.577. The highest BCUT2D eigenvalue weighted by atomic mass is 35.5. The molecule has 1 heterocycles. The Morgan fingerprint density at radius 1 is 1.16 bits per heavy atom. The summed E-state index contributed by atoms with van der Waals surface area (Å²) in [5.74, 6) is -0.358. The number of ether oxygens (including phenoxy) is 1. The van der Waals surface area contributed by atoms with Crippen LogP contribution in [0.1, 0.15) is 87.0 Å². The van der Waals surface area contributed by atoms with Gasteiger partial charge in [0.1, 0.15) is 10.7 Å². The molecule has 1 N–H and O–H groups in total. The maximum absolute atomic E-state index is 14.2. The van der Waals surface area contributed by atoms with E-state index in [2.05, 4.69) is 4.72 Å². The summed E-state index contributed by atoms with van der Waals surface area (Å²) in [5, 5.41) is -0.0571. The molecule has 3 rings (SSSR count). The van der Waals surface area contributed by atoms with E-state index in [0.717, 1.165) is 44.2 Å². The van der Waals surface area contributed by atoms with E-state index in [4.69, 9.17) is 16.3 Å². The SMILES string of the molecule is CCOC(=O)c1c(C)c(CC2CCCCC2)n(-c2ccc(S(=O)(=O)NC(C)(C)C)c(C(F)(F)F)c2)c1Cl. The molecule has 6 nitrogen and oxygen atoms in total. The molecule has 0 aliphatic heterocycles. The molecule has 1 saturated carbocycles. The molecule has 0 bridgehead atoms. The minimum Gasteiger partial charge on any atom is -0.462 e. The first-order valence-corrected chi connectivity index (χ1v) is 14.2. The maximum atomic E-state index is 14.2. The molecule has 0 atom stereocenters. The Labute approximate surface area is 221 Å². The van der Waals surface area contributed by atoms with E-state index in [1.54, 1.807) is 34.6 Å². The summed E-state index contributed by atoms with van der Waals surface area (Å²) in [4.78, 5) is 11.9. The first-order chi connectivity index (χ1) is 17.1. The zero-order valence-electron chi connectivity index (χ0n) is 21.8. The number of rotatable bonds is 7. The van der Waals surface area contributed by atoms with Crippen molar-refractivity contribution in [3.8, 4) is 5.69 Å². The van der Waals surface area contributed by atoms with Crippen molar-refractivity contribution in [1.29, 1.82) is 0 Å². The smallest absolute Gasteiger partial charge is 0.417 e. The number of nitrogens with one attached hydrogen (secondary N) is 1. The van der Waals surface area contributed by atoms with Gasteiger partial charge in [-0.15, -0.1) is 0 Å². The van der Waals surface area contributed by atoms with Crippen molar-refractivity contribution < 1.29 is 31.1 Å². The summed E-state index contributed by atoms with van der Waals surface area (Å²) in [7, 11) is -4.48. The van der Waals surface area contributed by atoms with E-state index in [0.29, 0.717) is 23.6 Å². The van der Waals surface area contributed by atoms with E-state index in [1.807, 2.05) is 0 Å². The first kappa shape index (κ1) is 29.5. The van der Waals surface area contributed by atoms with Crippen LogP contribution in [0.15, 0.2) is 23.1 Å². The number of esters is 1. The van der Waals surface area contributed by atoms with Crippen molar-refractivity contribution in [1.82, 2.24) is 9.29 Å². The predicted octanol–water partition coefficient (Wildman–Crippen LogP) is 6.83. The van der Waals surface area contributed by atoms with Crippen molar-refractivity contribution in [3.63, 3.8) is 0 Å². The monoisotopic (exact) mass is 562 g/mol. The maximum Gasteiger partial charge on any atom is 0.417 e. The van der Waals surface area contributed by atoms with Crippen LogP contribution in [0.2, 0.25) is 5.15 Å². The number of alkyl halides is 3. The van der Waals surface area contributed by atoms with Crippen LogP contribution in [0.5, 0.6) is 0 Å². The average molecular weight is 563 g/mol. The van der Waals surface area contributed by atoms with Gasteiger partial charge < -0.3 is 9.30 Å². The van der Waals surface area contributed by atoms with Gasteiger partial charge in [0.15, 0.2) is 0 Å². The van der Waals surface area contributed by atoms with Gasteiger partial charge in [-0.1, -0.05) is 43.7 Å². The molecule has 37 heavy (non-hydrogen) atoms. The number of aromatic nitrogens is 1. The molecular weight excluding hydrogens is 529 g/mol. The third kappa shape index (κ3) is 6.70. The van der Waals surface area contributed by atoms with Crippen LogP contribution in [-0.4, -0.2) is 31.1 Å². The number of carbonyl (C=O) groups excluding carboxylic acids is 1. The third-order valence-electron chi connectivity index (χ3n) is 6.42. The van der Waals surface area contributed by atoms with Crippen molar-refractivity contribution in [2.45, 2.75) is 89.8 Å². The molecular formula is C26H34ClF3N2O4S. The Morgan fingerprint density at radius 2 is 1.78 bits per heavy atom.